The number of rotatable bonds is 2. The van der Waals surface area contributed by atoms with E-state index in [1.54, 1.807) is 6.21 Å². The highest BCUT2D eigenvalue weighted by atomic mass is 16.2. The monoisotopic (exact) mass is 228 g/mol. The normalized spacial score (nSPS) is 18.1. The SMILES string of the molecule is Cc1cc(C)cc(NC(=O)C2CC=CC=N2)c1. The summed E-state index contributed by atoms with van der Waals surface area (Å²) in [5.41, 5.74) is 3.14. The van der Waals surface area contributed by atoms with Gasteiger partial charge in [0.2, 0.25) is 5.91 Å². The quantitative estimate of drug-likeness (QED) is 0.830. The van der Waals surface area contributed by atoms with Crippen molar-refractivity contribution in [2.75, 3.05) is 5.32 Å². The van der Waals surface area contributed by atoms with Crippen LogP contribution in [0.15, 0.2) is 35.3 Å². The molecule has 1 heterocycles. The standard InChI is InChI=1S/C14H16N2O/c1-10-7-11(2)9-12(8-10)16-14(17)13-5-3-4-6-15-13/h3-4,6-9,13H,5H2,1-2H3,(H,16,17). The van der Waals surface area contributed by atoms with Gasteiger partial charge in [-0.2, -0.15) is 0 Å². The lowest BCUT2D eigenvalue weighted by molar-refractivity contribution is -0.117. The van der Waals surface area contributed by atoms with E-state index in [-0.39, 0.29) is 11.9 Å². The van der Waals surface area contributed by atoms with Crippen molar-refractivity contribution in [1.29, 1.82) is 0 Å². The number of hydrogen-bond donors (Lipinski definition) is 1. The van der Waals surface area contributed by atoms with Gasteiger partial charge in [0.1, 0.15) is 6.04 Å². The van der Waals surface area contributed by atoms with Crippen LogP contribution in [0.4, 0.5) is 5.69 Å². The maximum atomic E-state index is 11.9. The second-order valence-corrected chi connectivity index (χ2v) is 4.34. The van der Waals surface area contributed by atoms with Gasteiger partial charge in [0, 0.05) is 11.9 Å². The molecular formula is C14H16N2O. The number of aryl methyl sites for hydroxylation is 2. The second kappa shape index (κ2) is 4.95. The molecule has 1 unspecified atom stereocenters. The highest BCUT2D eigenvalue weighted by Gasteiger charge is 2.16. The Morgan fingerprint density at radius 2 is 2.00 bits per heavy atom. The molecule has 0 bridgehead atoms. The fourth-order valence-corrected chi connectivity index (χ4v) is 1.93. The topological polar surface area (TPSA) is 41.5 Å². The van der Waals surface area contributed by atoms with Crippen LogP contribution < -0.4 is 5.32 Å². The molecule has 1 aliphatic heterocycles. The Balaban J connectivity index is 2.07. The minimum Gasteiger partial charge on any atom is -0.324 e. The minimum atomic E-state index is -0.291. The number of amides is 1. The molecule has 0 aliphatic carbocycles. The number of benzene rings is 1. The van der Waals surface area contributed by atoms with E-state index >= 15 is 0 Å². The van der Waals surface area contributed by atoms with Gasteiger partial charge in [-0.3, -0.25) is 9.79 Å². The summed E-state index contributed by atoms with van der Waals surface area (Å²) in [5.74, 6) is -0.0457. The first-order valence-electron chi connectivity index (χ1n) is 5.72. The molecule has 0 saturated carbocycles. The number of carbonyl (C=O) groups is 1. The summed E-state index contributed by atoms with van der Waals surface area (Å²) >= 11 is 0. The van der Waals surface area contributed by atoms with Gasteiger partial charge >= 0.3 is 0 Å². The summed E-state index contributed by atoms with van der Waals surface area (Å²) in [6.07, 6.45) is 6.17. The molecule has 0 saturated heterocycles. The summed E-state index contributed by atoms with van der Waals surface area (Å²) in [5, 5.41) is 2.91. The van der Waals surface area contributed by atoms with Gasteiger partial charge in [-0.1, -0.05) is 12.1 Å². The molecule has 17 heavy (non-hydrogen) atoms. The van der Waals surface area contributed by atoms with Crippen molar-refractivity contribution in [2.24, 2.45) is 4.99 Å². The third-order valence-corrected chi connectivity index (χ3v) is 2.64. The van der Waals surface area contributed by atoms with Crippen LogP contribution >= 0.6 is 0 Å². The van der Waals surface area contributed by atoms with Crippen LogP contribution in [0, 0.1) is 13.8 Å². The zero-order chi connectivity index (χ0) is 12.3. The van der Waals surface area contributed by atoms with E-state index in [9.17, 15) is 4.79 Å². The number of anilines is 1. The lowest BCUT2D eigenvalue weighted by atomic mass is 10.1. The Morgan fingerprint density at radius 1 is 1.29 bits per heavy atom. The van der Waals surface area contributed by atoms with Crippen molar-refractivity contribution < 1.29 is 4.79 Å². The number of aliphatic imine (C=N–C) groups is 1. The van der Waals surface area contributed by atoms with Crippen molar-refractivity contribution in [3.05, 3.63) is 41.5 Å². The van der Waals surface area contributed by atoms with E-state index in [4.69, 9.17) is 0 Å². The van der Waals surface area contributed by atoms with Crippen LogP contribution in [0.1, 0.15) is 17.5 Å². The molecule has 0 aromatic heterocycles. The molecule has 88 valence electrons. The molecule has 0 fully saturated rings. The number of nitrogens with one attached hydrogen (secondary N) is 1. The van der Waals surface area contributed by atoms with E-state index in [0.29, 0.717) is 6.42 Å². The van der Waals surface area contributed by atoms with Gasteiger partial charge in [-0.25, -0.2) is 0 Å². The maximum absolute atomic E-state index is 11.9. The average Bonchev–Trinajstić information content (AvgIpc) is 2.28. The van der Waals surface area contributed by atoms with Crippen molar-refractivity contribution >= 4 is 17.8 Å². The number of allylic oxidation sites excluding steroid dienone is 1. The number of carbonyl (C=O) groups excluding carboxylic acids is 1. The molecule has 1 N–H and O–H groups in total. The molecular weight excluding hydrogens is 212 g/mol. The first-order valence-corrected chi connectivity index (χ1v) is 5.72. The van der Waals surface area contributed by atoms with E-state index in [1.807, 2.05) is 38.1 Å². The van der Waals surface area contributed by atoms with Crippen molar-refractivity contribution in [1.82, 2.24) is 0 Å². The van der Waals surface area contributed by atoms with E-state index in [1.165, 1.54) is 0 Å². The van der Waals surface area contributed by atoms with E-state index < -0.39 is 0 Å². The first-order chi connectivity index (χ1) is 8.15. The number of nitrogens with zero attached hydrogens (tertiary/aromatic N) is 1. The largest absolute Gasteiger partial charge is 0.324 e. The summed E-state index contributed by atoms with van der Waals surface area (Å²) in [7, 11) is 0. The van der Waals surface area contributed by atoms with E-state index in [2.05, 4.69) is 16.4 Å². The van der Waals surface area contributed by atoms with E-state index in [0.717, 1.165) is 16.8 Å². The second-order valence-electron chi connectivity index (χ2n) is 4.34. The van der Waals surface area contributed by atoms with Crippen LogP contribution in [0.3, 0.4) is 0 Å². The zero-order valence-corrected chi connectivity index (χ0v) is 10.1. The predicted molar refractivity (Wildman–Crippen MR) is 70.6 cm³/mol. The first kappa shape index (κ1) is 11.6. The van der Waals surface area contributed by atoms with Crippen LogP contribution in [-0.2, 0) is 4.79 Å². The van der Waals surface area contributed by atoms with Crippen LogP contribution in [0.25, 0.3) is 0 Å². The molecule has 0 spiro atoms. The average molecular weight is 228 g/mol. The lowest BCUT2D eigenvalue weighted by Crippen LogP contribution is -2.26. The molecule has 1 aliphatic rings. The highest BCUT2D eigenvalue weighted by molar-refractivity contribution is 5.96. The Kier molecular flexibility index (Phi) is 3.38. The zero-order valence-electron chi connectivity index (χ0n) is 10.1. The molecule has 1 aromatic rings. The third kappa shape index (κ3) is 3.03. The molecule has 1 aromatic carbocycles. The maximum Gasteiger partial charge on any atom is 0.249 e. The third-order valence-electron chi connectivity index (χ3n) is 2.64. The van der Waals surface area contributed by atoms with Gasteiger partial charge < -0.3 is 5.32 Å². The van der Waals surface area contributed by atoms with Gasteiger partial charge in [-0.05, 0) is 49.6 Å². The predicted octanol–water partition coefficient (Wildman–Crippen LogP) is 2.64. The number of hydrogen-bond acceptors (Lipinski definition) is 2. The summed E-state index contributed by atoms with van der Waals surface area (Å²) < 4.78 is 0. The van der Waals surface area contributed by atoms with Crippen molar-refractivity contribution in [2.45, 2.75) is 26.3 Å². The van der Waals surface area contributed by atoms with Gasteiger partial charge in [0.15, 0.2) is 0 Å². The van der Waals surface area contributed by atoms with Crippen LogP contribution in [0.2, 0.25) is 0 Å². The Hall–Kier alpha value is -1.90. The Morgan fingerprint density at radius 3 is 2.59 bits per heavy atom. The lowest BCUT2D eigenvalue weighted by Gasteiger charge is -2.13. The fraction of sp³-hybridized carbons (Fsp3) is 0.286. The summed E-state index contributed by atoms with van der Waals surface area (Å²) in [4.78, 5) is 16.1. The fourth-order valence-electron chi connectivity index (χ4n) is 1.93. The smallest absolute Gasteiger partial charge is 0.249 e. The molecule has 2 rings (SSSR count). The Bertz CT molecular complexity index is 469. The van der Waals surface area contributed by atoms with Gasteiger partial charge in [0.25, 0.3) is 0 Å². The van der Waals surface area contributed by atoms with Gasteiger partial charge in [0.05, 0.1) is 0 Å². The van der Waals surface area contributed by atoms with Crippen LogP contribution in [-0.4, -0.2) is 18.2 Å². The number of dihydropyridines is 1. The van der Waals surface area contributed by atoms with Gasteiger partial charge in [-0.15, -0.1) is 0 Å². The highest BCUT2D eigenvalue weighted by Crippen LogP contribution is 2.15. The molecule has 3 heteroatoms. The minimum absolute atomic E-state index is 0.0457. The van der Waals surface area contributed by atoms with Crippen molar-refractivity contribution in [3.8, 4) is 0 Å². The Labute approximate surface area is 101 Å². The summed E-state index contributed by atoms with van der Waals surface area (Å²) in [6, 6.07) is 5.72. The molecule has 1 amide bonds. The van der Waals surface area contributed by atoms with Crippen molar-refractivity contribution in [3.63, 3.8) is 0 Å². The molecule has 1 atom stereocenters. The summed E-state index contributed by atoms with van der Waals surface area (Å²) in [6.45, 7) is 4.04. The molecule has 0 radical (unpaired) electrons. The molecule has 3 nitrogen and oxygen atoms in total. The van der Waals surface area contributed by atoms with Crippen LogP contribution in [0.5, 0.6) is 0 Å².